The van der Waals surface area contributed by atoms with E-state index in [1.807, 2.05) is 0 Å². The first-order valence-electron chi connectivity index (χ1n) is 4.73. The van der Waals surface area contributed by atoms with Crippen molar-refractivity contribution in [2.45, 2.75) is 26.9 Å². The molecule has 4 heteroatoms. The Labute approximate surface area is 113 Å². The normalized spacial score (nSPS) is 13.6. The highest BCUT2D eigenvalue weighted by Gasteiger charge is 2.23. The molecule has 0 radical (unpaired) electrons. The molecule has 1 atom stereocenters. The number of rotatable bonds is 6. The van der Waals surface area contributed by atoms with Crippen molar-refractivity contribution in [3.8, 4) is 0 Å². The molecule has 0 rings (SSSR count). The van der Waals surface area contributed by atoms with Crippen molar-refractivity contribution in [2.75, 3.05) is 30.6 Å². The van der Waals surface area contributed by atoms with E-state index >= 15 is 0 Å². The van der Waals surface area contributed by atoms with E-state index in [-0.39, 0.29) is 30.1 Å². The van der Waals surface area contributed by atoms with Gasteiger partial charge in [0.1, 0.15) is 12.6 Å². The summed E-state index contributed by atoms with van der Waals surface area (Å²) >= 11 is 2.24. The van der Waals surface area contributed by atoms with Gasteiger partial charge < -0.3 is 33.6 Å². The van der Waals surface area contributed by atoms with Crippen LogP contribution in [-0.4, -0.2) is 46.3 Å². The molecule has 82 valence electrons. The van der Waals surface area contributed by atoms with Gasteiger partial charge in [-0.05, 0) is 20.8 Å². The Morgan fingerprint density at radius 3 is 1.77 bits per heavy atom. The molecule has 0 spiro atoms. The van der Waals surface area contributed by atoms with Gasteiger partial charge in [0.2, 0.25) is 0 Å². The number of quaternary nitrogens is 1. The van der Waals surface area contributed by atoms with E-state index in [2.05, 4.69) is 43.4 Å². The predicted molar refractivity (Wildman–Crippen MR) is 61.6 cm³/mol. The smallest absolute Gasteiger partial charge is 0.112 e. The first-order valence-corrected chi connectivity index (χ1v) is 6.25. The minimum absolute atomic E-state index is 0. The van der Waals surface area contributed by atoms with E-state index in [4.69, 9.17) is 0 Å². The SMILES string of the molecule is CC[N+](CC)(CC)CC(O)CI.[I-]. The fourth-order valence-corrected chi connectivity index (χ4v) is 1.83. The van der Waals surface area contributed by atoms with E-state index in [9.17, 15) is 5.11 Å². The Balaban J connectivity index is 0. The van der Waals surface area contributed by atoms with Crippen molar-refractivity contribution in [1.82, 2.24) is 0 Å². The van der Waals surface area contributed by atoms with E-state index < -0.39 is 0 Å². The van der Waals surface area contributed by atoms with Crippen molar-refractivity contribution in [3.63, 3.8) is 0 Å². The Hall–Kier alpha value is 1.38. The van der Waals surface area contributed by atoms with Gasteiger partial charge in [-0.3, -0.25) is 0 Å². The molecule has 0 heterocycles. The van der Waals surface area contributed by atoms with Crippen LogP contribution in [0.25, 0.3) is 0 Å². The van der Waals surface area contributed by atoms with Gasteiger partial charge in [-0.25, -0.2) is 0 Å². The quantitative estimate of drug-likeness (QED) is 0.325. The molecular formula is C9H21I2NO. The van der Waals surface area contributed by atoms with Crippen LogP contribution in [0.2, 0.25) is 0 Å². The Morgan fingerprint density at radius 2 is 1.54 bits per heavy atom. The monoisotopic (exact) mass is 413 g/mol. The van der Waals surface area contributed by atoms with Crippen LogP contribution in [0.15, 0.2) is 0 Å². The van der Waals surface area contributed by atoms with Crippen LogP contribution in [0, 0.1) is 0 Å². The number of nitrogens with zero attached hydrogens (tertiary/aromatic N) is 1. The highest BCUT2D eigenvalue weighted by atomic mass is 127. The molecule has 0 amide bonds. The molecule has 0 aliphatic carbocycles. The van der Waals surface area contributed by atoms with Crippen LogP contribution in [-0.2, 0) is 0 Å². The second kappa shape index (κ2) is 8.67. The molecule has 0 bridgehead atoms. The average Bonchev–Trinajstić information content (AvgIpc) is 2.14. The zero-order chi connectivity index (χ0) is 9.61. The molecule has 0 aromatic rings. The molecule has 0 aliphatic rings. The Kier molecular flexibility index (Phi) is 11.2. The van der Waals surface area contributed by atoms with Crippen LogP contribution in [0.1, 0.15) is 20.8 Å². The number of alkyl halides is 1. The van der Waals surface area contributed by atoms with Crippen LogP contribution in [0.5, 0.6) is 0 Å². The lowest BCUT2D eigenvalue weighted by molar-refractivity contribution is -0.925. The average molecular weight is 413 g/mol. The number of halogens is 2. The zero-order valence-corrected chi connectivity index (χ0v) is 13.1. The van der Waals surface area contributed by atoms with E-state index in [0.29, 0.717) is 0 Å². The van der Waals surface area contributed by atoms with E-state index in [1.165, 1.54) is 0 Å². The maximum absolute atomic E-state index is 9.56. The molecule has 0 saturated carbocycles. The molecule has 1 N–H and O–H groups in total. The summed E-state index contributed by atoms with van der Waals surface area (Å²) in [6, 6.07) is 0. The number of likely N-dealkylation sites (N-methyl/N-ethyl adjacent to an activating group) is 1. The van der Waals surface area contributed by atoms with Crippen LogP contribution in [0.4, 0.5) is 0 Å². The molecule has 0 aromatic carbocycles. The summed E-state index contributed by atoms with van der Waals surface area (Å²) in [5, 5.41) is 9.56. The molecule has 0 fully saturated rings. The largest absolute Gasteiger partial charge is 1.00 e. The van der Waals surface area contributed by atoms with E-state index in [0.717, 1.165) is 35.1 Å². The highest BCUT2D eigenvalue weighted by Crippen LogP contribution is 2.08. The van der Waals surface area contributed by atoms with Gasteiger partial charge in [0.05, 0.1) is 19.6 Å². The standard InChI is InChI=1S/C9H21INO.HI/c1-4-11(5-2,6-3)8-9(12)7-10;/h9,12H,4-8H2,1-3H3;1H/q+1;/p-1. The van der Waals surface area contributed by atoms with Crippen LogP contribution < -0.4 is 24.0 Å². The molecule has 0 saturated heterocycles. The summed E-state index contributed by atoms with van der Waals surface area (Å²) in [7, 11) is 0. The van der Waals surface area contributed by atoms with Crippen LogP contribution in [0.3, 0.4) is 0 Å². The lowest BCUT2D eigenvalue weighted by Gasteiger charge is -2.37. The van der Waals surface area contributed by atoms with Gasteiger partial charge in [-0.1, -0.05) is 22.6 Å². The fraction of sp³-hybridized carbons (Fsp3) is 1.00. The highest BCUT2D eigenvalue weighted by molar-refractivity contribution is 14.1. The third kappa shape index (κ3) is 5.74. The summed E-state index contributed by atoms with van der Waals surface area (Å²) in [6.07, 6.45) is -0.134. The zero-order valence-electron chi connectivity index (χ0n) is 8.76. The van der Waals surface area contributed by atoms with Gasteiger partial charge in [-0.15, -0.1) is 0 Å². The number of aliphatic hydroxyl groups excluding tert-OH is 1. The summed E-state index contributed by atoms with van der Waals surface area (Å²) in [5.74, 6) is 0. The topological polar surface area (TPSA) is 20.2 Å². The van der Waals surface area contributed by atoms with Gasteiger partial charge in [0, 0.05) is 4.43 Å². The second-order valence-corrected chi connectivity index (χ2v) is 4.16. The number of hydrogen-bond donors (Lipinski definition) is 1. The lowest BCUT2D eigenvalue weighted by atomic mass is 10.2. The molecule has 13 heavy (non-hydrogen) atoms. The molecule has 0 aromatic heterocycles. The number of aliphatic hydroxyl groups is 1. The summed E-state index contributed by atoms with van der Waals surface area (Å²) in [6.45, 7) is 10.9. The Morgan fingerprint density at radius 1 is 1.15 bits per heavy atom. The minimum Gasteiger partial charge on any atom is -1.00 e. The second-order valence-electron chi connectivity index (χ2n) is 3.28. The molecular weight excluding hydrogens is 392 g/mol. The first kappa shape index (κ1) is 16.8. The summed E-state index contributed by atoms with van der Waals surface area (Å²) in [5.41, 5.74) is 0. The van der Waals surface area contributed by atoms with Crippen molar-refractivity contribution in [3.05, 3.63) is 0 Å². The Bertz CT molecular complexity index is 110. The summed E-state index contributed by atoms with van der Waals surface area (Å²) in [4.78, 5) is 0. The third-order valence-electron chi connectivity index (χ3n) is 2.79. The van der Waals surface area contributed by atoms with Crippen LogP contribution >= 0.6 is 22.6 Å². The first-order chi connectivity index (χ1) is 5.64. The van der Waals surface area contributed by atoms with Crippen molar-refractivity contribution >= 4 is 22.6 Å². The van der Waals surface area contributed by atoms with Crippen molar-refractivity contribution in [1.29, 1.82) is 0 Å². The summed E-state index contributed by atoms with van der Waals surface area (Å²) < 4.78 is 1.89. The fourth-order valence-electron chi connectivity index (χ4n) is 1.55. The maximum Gasteiger partial charge on any atom is 0.112 e. The third-order valence-corrected chi connectivity index (χ3v) is 3.81. The lowest BCUT2D eigenvalue weighted by Crippen LogP contribution is -3.00. The van der Waals surface area contributed by atoms with Gasteiger partial charge in [0.25, 0.3) is 0 Å². The van der Waals surface area contributed by atoms with Gasteiger partial charge in [-0.2, -0.15) is 0 Å². The van der Waals surface area contributed by atoms with Gasteiger partial charge >= 0.3 is 0 Å². The van der Waals surface area contributed by atoms with Gasteiger partial charge in [0.15, 0.2) is 0 Å². The maximum atomic E-state index is 9.56. The number of hydrogen-bond acceptors (Lipinski definition) is 1. The predicted octanol–water partition coefficient (Wildman–Crippen LogP) is -1.34. The molecule has 0 aliphatic heterocycles. The molecule has 2 nitrogen and oxygen atoms in total. The minimum atomic E-state index is -0.134. The molecule has 1 unspecified atom stereocenters. The van der Waals surface area contributed by atoms with E-state index in [1.54, 1.807) is 0 Å². The van der Waals surface area contributed by atoms with Crippen molar-refractivity contribution in [2.24, 2.45) is 0 Å². The van der Waals surface area contributed by atoms with Crippen molar-refractivity contribution < 1.29 is 33.6 Å².